The first-order valence-electron chi connectivity index (χ1n) is 4.87. The molecule has 0 atom stereocenters. The normalized spacial score (nSPS) is 10.4. The van der Waals surface area contributed by atoms with Gasteiger partial charge in [0.15, 0.2) is 0 Å². The Bertz CT molecular complexity index is 466. The fourth-order valence-corrected chi connectivity index (χ4v) is 2.20. The molecular formula is C13H10F2S. The molecule has 0 aliphatic carbocycles. The lowest BCUT2D eigenvalue weighted by Crippen LogP contribution is -1.84. The van der Waals surface area contributed by atoms with E-state index in [1.807, 2.05) is 0 Å². The number of benzene rings is 2. The Labute approximate surface area is 97.3 Å². The molecule has 16 heavy (non-hydrogen) atoms. The number of hydrogen-bond acceptors (Lipinski definition) is 1. The number of rotatable bonds is 3. The van der Waals surface area contributed by atoms with Crippen molar-refractivity contribution < 1.29 is 8.78 Å². The van der Waals surface area contributed by atoms with Crippen LogP contribution in [0.3, 0.4) is 0 Å². The quantitative estimate of drug-likeness (QED) is 0.718. The predicted octanol–water partition coefficient (Wildman–Crippen LogP) is 4.26. The summed E-state index contributed by atoms with van der Waals surface area (Å²) >= 11 is 1.41. The van der Waals surface area contributed by atoms with Crippen LogP contribution in [0.1, 0.15) is 5.56 Å². The van der Waals surface area contributed by atoms with Crippen LogP contribution < -0.4 is 0 Å². The zero-order valence-electron chi connectivity index (χ0n) is 8.49. The molecule has 0 spiro atoms. The van der Waals surface area contributed by atoms with E-state index >= 15 is 0 Å². The van der Waals surface area contributed by atoms with Crippen molar-refractivity contribution in [3.8, 4) is 0 Å². The zero-order valence-corrected chi connectivity index (χ0v) is 9.31. The van der Waals surface area contributed by atoms with E-state index in [0.717, 1.165) is 5.56 Å². The second-order valence-corrected chi connectivity index (χ2v) is 4.36. The summed E-state index contributed by atoms with van der Waals surface area (Å²) in [5, 5.41) is 0. The molecule has 0 saturated carbocycles. The van der Waals surface area contributed by atoms with Crippen LogP contribution in [0.2, 0.25) is 0 Å². The van der Waals surface area contributed by atoms with E-state index in [0.29, 0.717) is 10.6 Å². The van der Waals surface area contributed by atoms with Gasteiger partial charge < -0.3 is 0 Å². The van der Waals surface area contributed by atoms with Crippen LogP contribution in [-0.2, 0) is 5.75 Å². The predicted molar refractivity (Wildman–Crippen MR) is 62.4 cm³/mol. The second-order valence-electron chi connectivity index (χ2n) is 3.35. The highest BCUT2D eigenvalue weighted by Crippen LogP contribution is 2.25. The molecule has 0 radical (unpaired) electrons. The summed E-state index contributed by atoms with van der Waals surface area (Å²) < 4.78 is 25.9. The van der Waals surface area contributed by atoms with Crippen molar-refractivity contribution in [2.75, 3.05) is 0 Å². The third-order valence-corrected chi connectivity index (χ3v) is 3.26. The summed E-state index contributed by atoms with van der Waals surface area (Å²) in [6.07, 6.45) is 0. The van der Waals surface area contributed by atoms with Gasteiger partial charge in [0.25, 0.3) is 0 Å². The standard InChI is InChI=1S/C13H10F2S/c14-11-7-5-10(6-8-11)9-16-13-4-2-1-3-12(13)15/h1-8H,9H2. The fourth-order valence-electron chi connectivity index (χ4n) is 1.30. The molecule has 0 heterocycles. The molecule has 2 rings (SSSR count). The van der Waals surface area contributed by atoms with Gasteiger partial charge in [-0.1, -0.05) is 24.3 Å². The number of halogens is 2. The highest BCUT2D eigenvalue weighted by Gasteiger charge is 2.01. The molecule has 0 unspecified atom stereocenters. The van der Waals surface area contributed by atoms with E-state index < -0.39 is 0 Å². The highest BCUT2D eigenvalue weighted by atomic mass is 32.2. The first-order valence-corrected chi connectivity index (χ1v) is 5.86. The van der Waals surface area contributed by atoms with Crippen molar-refractivity contribution in [2.45, 2.75) is 10.6 Å². The molecule has 2 aromatic carbocycles. The van der Waals surface area contributed by atoms with Crippen molar-refractivity contribution in [3.05, 3.63) is 65.7 Å². The van der Waals surface area contributed by atoms with Crippen LogP contribution >= 0.6 is 11.8 Å². The largest absolute Gasteiger partial charge is 0.207 e. The smallest absolute Gasteiger partial charge is 0.136 e. The molecule has 0 aliphatic rings. The van der Waals surface area contributed by atoms with Gasteiger partial charge in [-0.05, 0) is 29.8 Å². The monoisotopic (exact) mass is 236 g/mol. The van der Waals surface area contributed by atoms with E-state index in [4.69, 9.17) is 0 Å². The van der Waals surface area contributed by atoms with E-state index in [2.05, 4.69) is 0 Å². The minimum atomic E-state index is -0.250. The third-order valence-electron chi connectivity index (χ3n) is 2.14. The maximum atomic E-state index is 13.3. The van der Waals surface area contributed by atoms with Gasteiger partial charge in [0.05, 0.1) is 0 Å². The molecule has 0 N–H and O–H groups in total. The average Bonchev–Trinajstić information content (AvgIpc) is 2.30. The van der Waals surface area contributed by atoms with Crippen LogP contribution in [0.15, 0.2) is 53.4 Å². The first-order chi connectivity index (χ1) is 7.75. The van der Waals surface area contributed by atoms with Crippen molar-refractivity contribution in [1.29, 1.82) is 0 Å². The van der Waals surface area contributed by atoms with E-state index in [1.165, 1.54) is 30.0 Å². The number of thioether (sulfide) groups is 1. The SMILES string of the molecule is Fc1ccc(CSc2ccccc2F)cc1. The Morgan fingerprint density at radius 1 is 0.875 bits per heavy atom. The molecule has 2 aromatic rings. The average molecular weight is 236 g/mol. The zero-order chi connectivity index (χ0) is 11.4. The molecule has 0 nitrogen and oxygen atoms in total. The van der Waals surface area contributed by atoms with Gasteiger partial charge in [0.2, 0.25) is 0 Å². The lowest BCUT2D eigenvalue weighted by atomic mass is 10.2. The van der Waals surface area contributed by atoms with Gasteiger partial charge in [0.1, 0.15) is 11.6 Å². The maximum absolute atomic E-state index is 13.3. The van der Waals surface area contributed by atoms with Crippen LogP contribution in [0.4, 0.5) is 8.78 Å². The highest BCUT2D eigenvalue weighted by molar-refractivity contribution is 7.98. The molecule has 0 fully saturated rings. The van der Waals surface area contributed by atoms with Crippen LogP contribution in [0.5, 0.6) is 0 Å². The lowest BCUT2D eigenvalue weighted by molar-refractivity contribution is 0.602. The second kappa shape index (κ2) is 5.12. The first kappa shape index (κ1) is 11.1. The summed E-state index contributed by atoms with van der Waals surface area (Å²) in [7, 11) is 0. The van der Waals surface area contributed by atoms with Gasteiger partial charge in [0, 0.05) is 10.6 Å². The number of hydrogen-bond donors (Lipinski definition) is 0. The van der Waals surface area contributed by atoms with Gasteiger partial charge in [-0.3, -0.25) is 0 Å². The van der Waals surface area contributed by atoms with Crippen LogP contribution in [-0.4, -0.2) is 0 Å². The summed E-state index contributed by atoms with van der Waals surface area (Å²) in [6.45, 7) is 0. The Balaban J connectivity index is 2.02. The Hall–Kier alpha value is -1.35. The summed E-state index contributed by atoms with van der Waals surface area (Å²) in [5.41, 5.74) is 0.981. The summed E-state index contributed by atoms with van der Waals surface area (Å²) in [6, 6.07) is 12.9. The third kappa shape index (κ3) is 2.83. The summed E-state index contributed by atoms with van der Waals surface area (Å²) in [4.78, 5) is 0.617. The fraction of sp³-hybridized carbons (Fsp3) is 0.0769. The van der Waals surface area contributed by atoms with Crippen molar-refractivity contribution in [3.63, 3.8) is 0 Å². The van der Waals surface area contributed by atoms with E-state index in [9.17, 15) is 8.78 Å². The van der Waals surface area contributed by atoms with Gasteiger partial charge >= 0.3 is 0 Å². The van der Waals surface area contributed by atoms with Crippen molar-refractivity contribution in [1.82, 2.24) is 0 Å². The van der Waals surface area contributed by atoms with E-state index in [-0.39, 0.29) is 11.6 Å². The molecular weight excluding hydrogens is 226 g/mol. The minimum absolute atomic E-state index is 0.213. The molecule has 0 bridgehead atoms. The molecule has 0 aliphatic heterocycles. The minimum Gasteiger partial charge on any atom is -0.207 e. The topological polar surface area (TPSA) is 0 Å². The van der Waals surface area contributed by atoms with Crippen LogP contribution in [0, 0.1) is 11.6 Å². The Morgan fingerprint density at radius 3 is 2.25 bits per heavy atom. The van der Waals surface area contributed by atoms with Crippen LogP contribution in [0.25, 0.3) is 0 Å². The van der Waals surface area contributed by atoms with Gasteiger partial charge in [-0.15, -0.1) is 11.8 Å². The summed E-state index contributed by atoms with van der Waals surface area (Å²) in [5.74, 6) is 0.176. The molecule has 0 saturated heterocycles. The Morgan fingerprint density at radius 2 is 1.56 bits per heavy atom. The van der Waals surface area contributed by atoms with Gasteiger partial charge in [-0.25, -0.2) is 8.78 Å². The maximum Gasteiger partial charge on any atom is 0.136 e. The molecule has 82 valence electrons. The van der Waals surface area contributed by atoms with E-state index in [1.54, 1.807) is 30.3 Å². The molecule has 3 heteroatoms. The van der Waals surface area contributed by atoms with Crippen molar-refractivity contribution in [2.24, 2.45) is 0 Å². The van der Waals surface area contributed by atoms with Gasteiger partial charge in [-0.2, -0.15) is 0 Å². The van der Waals surface area contributed by atoms with Crippen molar-refractivity contribution >= 4 is 11.8 Å². The molecule has 0 aromatic heterocycles. The molecule has 0 amide bonds. The Kier molecular flexibility index (Phi) is 3.57. The lowest BCUT2D eigenvalue weighted by Gasteiger charge is -2.02.